The zero-order valence-electron chi connectivity index (χ0n) is 12.8. The molecule has 3 aliphatic rings. The first-order valence-corrected chi connectivity index (χ1v) is 8.35. The van der Waals surface area contributed by atoms with Crippen LogP contribution in [0.5, 0.6) is 0 Å². The van der Waals surface area contributed by atoms with E-state index in [1.54, 1.807) is 11.7 Å². The van der Waals surface area contributed by atoms with Crippen molar-refractivity contribution in [3.05, 3.63) is 29.1 Å². The van der Waals surface area contributed by atoms with Crippen LogP contribution in [-0.2, 0) is 13.0 Å². The van der Waals surface area contributed by atoms with Gasteiger partial charge in [-0.15, -0.1) is 0 Å². The van der Waals surface area contributed by atoms with E-state index >= 15 is 0 Å². The average molecular weight is 301 g/mol. The maximum atomic E-state index is 11.5. The fraction of sp³-hybridized carbons (Fsp3) is 0.647. The van der Waals surface area contributed by atoms with E-state index in [1.807, 2.05) is 6.07 Å². The van der Waals surface area contributed by atoms with E-state index in [4.69, 9.17) is 5.21 Å². The number of rotatable bonds is 2. The Morgan fingerprint density at radius 2 is 2.27 bits per heavy atom. The van der Waals surface area contributed by atoms with Gasteiger partial charge in [-0.1, -0.05) is 6.42 Å². The largest absolute Gasteiger partial charge is 0.294 e. The number of nitrogens with zero attached hydrogens (tertiary/aromatic N) is 2. The normalized spacial score (nSPS) is 26.5. The standard InChI is InChI=1S/C17H23N3O2/c21-16(19-22)13-8-12-3-7-20(11-15(12)18-10-13)14-2-6-17(9-14)4-1-5-17/h8,10,14,22H,1-7,9,11H2,(H,19,21). The SMILES string of the molecule is O=C(NO)c1cnc2c(c1)CCN(C1CCC3(CCC3)C1)C2. The number of fused-ring (bicyclic) bond motifs is 1. The molecule has 5 nitrogen and oxygen atoms in total. The molecular weight excluding hydrogens is 278 g/mol. The third kappa shape index (κ3) is 2.32. The highest BCUT2D eigenvalue weighted by Crippen LogP contribution is 2.54. The molecule has 0 aromatic carbocycles. The molecule has 1 aromatic rings. The first kappa shape index (κ1) is 14.2. The maximum Gasteiger partial charge on any atom is 0.276 e. The Bertz CT molecular complexity index is 598. The van der Waals surface area contributed by atoms with Gasteiger partial charge in [-0.25, -0.2) is 5.48 Å². The molecule has 1 unspecified atom stereocenters. The zero-order valence-corrected chi connectivity index (χ0v) is 12.8. The Hall–Kier alpha value is -1.46. The molecule has 0 saturated heterocycles. The van der Waals surface area contributed by atoms with Gasteiger partial charge in [0.2, 0.25) is 0 Å². The van der Waals surface area contributed by atoms with Gasteiger partial charge in [0.05, 0.1) is 11.3 Å². The van der Waals surface area contributed by atoms with Crippen molar-refractivity contribution in [1.82, 2.24) is 15.4 Å². The third-order valence-corrected chi connectivity index (χ3v) is 6.05. The monoisotopic (exact) mass is 301 g/mol. The summed E-state index contributed by atoms with van der Waals surface area (Å²) in [5, 5.41) is 8.72. The Morgan fingerprint density at radius 3 is 2.95 bits per heavy atom. The van der Waals surface area contributed by atoms with E-state index in [2.05, 4.69) is 9.88 Å². The van der Waals surface area contributed by atoms with E-state index in [1.165, 1.54) is 38.5 Å². The molecular formula is C17H23N3O2. The van der Waals surface area contributed by atoms with Crippen molar-refractivity contribution in [1.29, 1.82) is 0 Å². The summed E-state index contributed by atoms with van der Waals surface area (Å²) in [5.74, 6) is -0.486. The number of hydrogen-bond donors (Lipinski definition) is 2. The molecule has 4 rings (SSSR count). The van der Waals surface area contributed by atoms with Crippen molar-refractivity contribution in [3.63, 3.8) is 0 Å². The molecule has 2 fully saturated rings. The van der Waals surface area contributed by atoms with Crippen molar-refractivity contribution >= 4 is 5.91 Å². The van der Waals surface area contributed by atoms with Gasteiger partial charge in [0, 0.05) is 25.3 Å². The summed E-state index contributed by atoms with van der Waals surface area (Å²) in [6, 6.07) is 2.59. The second-order valence-electron chi connectivity index (χ2n) is 7.24. The fourth-order valence-corrected chi connectivity index (χ4v) is 4.55. The van der Waals surface area contributed by atoms with E-state index < -0.39 is 5.91 Å². The van der Waals surface area contributed by atoms with Crippen molar-refractivity contribution in [3.8, 4) is 0 Å². The smallest absolute Gasteiger partial charge is 0.276 e. The number of amides is 1. The summed E-state index contributed by atoms with van der Waals surface area (Å²) >= 11 is 0. The third-order valence-electron chi connectivity index (χ3n) is 6.05. The second kappa shape index (κ2) is 5.32. The summed E-state index contributed by atoms with van der Waals surface area (Å²) in [6.45, 7) is 1.96. The molecule has 118 valence electrons. The number of hydroxylamine groups is 1. The molecule has 22 heavy (non-hydrogen) atoms. The lowest BCUT2D eigenvalue weighted by Gasteiger charge is -2.40. The van der Waals surface area contributed by atoms with Crippen LogP contribution < -0.4 is 5.48 Å². The van der Waals surface area contributed by atoms with E-state index in [-0.39, 0.29) is 0 Å². The van der Waals surface area contributed by atoms with Crippen LogP contribution in [0.15, 0.2) is 12.3 Å². The van der Waals surface area contributed by atoms with Crippen LogP contribution in [0.4, 0.5) is 0 Å². The second-order valence-corrected chi connectivity index (χ2v) is 7.24. The summed E-state index contributed by atoms with van der Waals surface area (Å²) in [4.78, 5) is 18.5. The van der Waals surface area contributed by atoms with Crippen molar-refractivity contribution < 1.29 is 10.0 Å². The summed E-state index contributed by atoms with van der Waals surface area (Å²) in [7, 11) is 0. The van der Waals surface area contributed by atoms with Gasteiger partial charge in [0.25, 0.3) is 5.91 Å². The molecule has 2 N–H and O–H groups in total. The predicted molar refractivity (Wildman–Crippen MR) is 81.5 cm³/mol. The van der Waals surface area contributed by atoms with Gasteiger partial charge in [-0.2, -0.15) is 0 Å². The molecule has 0 bridgehead atoms. The number of nitrogens with one attached hydrogen (secondary N) is 1. The minimum Gasteiger partial charge on any atom is -0.294 e. The molecule has 1 spiro atoms. The highest BCUT2D eigenvalue weighted by Gasteiger charge is 2.45. The van der Waals surface area contributed by atoms with Crippen LogP contribution in [0.3, 0.4) is 0 Å². The van der Waals surface area contributed by atoms with Crippen LogP contribution in [0.1, 0.15) is 60.1 Å². The van der Waals surface area contributed by atoms with Crippen LogP contribution in [0, 0.1) is 5.41 Å². The van der Waals surface area contributed by atoms with Gasteiger partial charge < -0.3 is 0 Å². The molecule has 2 aliphatic carbocycles. The highest BCUT2D eigenvalue weighted by molar-refractivity contribution is 5.93. The van der Waals surface area contributed by atoms with Crippen LogP contribution in [0.2, 0.25) is 0 Å². The van der Waals surface area contributed by atoms with E-state index in [0.29, 0.717) is 11.0 Å². The van der Waals surface area contributed by atoms with Gasteiger partial charge >= 0.3 is 0 Å². The summed E-state index contributed by atoms with van der Waals surface area (Å²) < 4.78 is 0. The molecule has 1 atom stereocenters. The first-order chi connectivity index (χ1) is 10.7. The van der Waals surface area contributed by atoms with Gasteiger partial charge in [0.15, 0.2) is 0 Å². The molecule has 2 heterocycles. The Kier molecular flexibility index (Phi) is 3.42. The molecule has 1 amide bonds. The van der Waals surface area contributed by atoms with Crippen molar-refractivity contribution in [2.45, 2.75) is 57.5 Å². The molecule has 2 saturated carbocycles. The van der Waals surface area contributed by atoms with Gasteiger partial charge in [-0.3, -0.25) is 19.9 Å². The highest BCUT2D eigenvalue weighted by atomic mass is 16.5. The quantitative estimate of drug-likeness (QED) is 0.650. The van der Waals surface area contributed by atoms with Crippen molar-refractivity contribution in [2.75, 3.05) is 6.54 Å². The van der Waals surface area contributed by atoms with Crippen LogP contribution >= 0.6 is 0 Å². The number of hydrogen-bond acceptors (Lipinski definition) is 4. The molecule has 5 heteroatoms. The van der Waals surface area contributed by atoms with Crippen molar-refractivity contribution in [2.24, 2.45) is 5.41 Å². The Morgan fingerprint density at radius 1 is 1.41 bits per heavy atom. The zero-order chi connectivity index (χ0) is 15.2. The molecule has 1 aliphatic heterocycles. The summed E-state index contributed by atoms with van der Waals surface area (Å²) in [5.41, 5.74) is 5.03. The minimum absolute atomic E-state index is 0.434. The fourth-order valence-electron chi connectivity index (χ4n) is 4.55. The predicted octanol–water partition coefficient (Wildman–Crippen LogP) is 2.28. The number of pyridine rings is 1. The lowest BCUT2D eigenvalue weighted by molar-refractivity contribution is 0.0705. The summed E-state index contributed by atoms with van der Waals surface area (Å²) in [6.07, 6.45) is 10.9. The molecule has 0 radical (unpaired) electrons. The van der Waals surface area contributed by atoms with Gasteiger partial charge in [0.1, 0.15) is 0 Å². The number of aromatic nitrogens is 1. The lowest BCUT2D eigenvalue weighted by Crippen LogP contribution is -2.40. The first-order valence-electron chi connectivity index (χ1n) is 8.35. The van der Waals surface area contributed by atoms with Gasteiger partial charge in [-0.05, 0) is 55.6 Å². The average Bonchev–Trinajstić information content (AvgIpc) is 2.99. The van der Waals surface area contributed by atoms with E-state index in [0.717, 1.165) is 36.8 Å². The number of carbonyl (C=O) groups excluding carboxylic acids is 1. The Balaban J connectivity index is 1.47. The topological polar surface area (TPSA) is 65.5 Å². The maximum absolute atomic E-state index is 11.5. The molecule has 1 aromatic heterocycles. The lowest BCUT2D eigenvalue weighted by atomic mass is 9.67. The van der Waals surface area contributed by atoms with Crippen LogP contribution in [0.25, 0.3) is 0 Å². The van der Waals surface area contributed by atoms with Crippen LogP contribution in [-0.4, -0.2) is 33.6 Å². The van der Waals surface area contributed by atoms with E-state index in [9.17, 15) is 4.79 Å². The number of carbonyl (C=O) groups is 1. The minimum atomic E-state index is -0.486. The Labute approximate surface area is 130 Å².